The van der Waals surface area contributed by atoms with Gasteiger partial charge in [0, 0.05) is 58.2 Å². The molecule has 0 saturated carbocycles. The van der Waals surface area contributed by atoms with Gasteiger partial charge in [-0.05, 0) is 106 Å². The molecule has 2 aliphatic rings. The van der Waals surface area contributed by atoms with Gasteiger partial charge in [-0.1, -0.05) is 0 Å². The number of ether oxygens (including phenoxy) is 2. The van der Waals surface area contributed by atoms with E-state index in [1.54, 1.807) is 76.4 Å². The van der Waals surface area contributed by atoms with Crippen LogP contribution in [0, 0.1) is 5.82 Å². The standard InChI is InChI=1S/C39H51FN8O7/c1-21-26(18-46(36(2,3)4)19-27(21)48(34(51)52)35(53)55-38(8,9)10)24-13-22-14-28(41-17-25(22)32(31(24)40)43-33(50)54-37(5,6)7)42-29-15-23-16-39(11,12)44-30(49)20-47(23)45-29/h13-15,17-18H,16,19-20H2,1-12H3,(H,43,50)(H,44,49)(H,51,52)(H,41,42,45). The molecule has 0 bridgehead atoms. The van der Waals surface area contributed by atoms with Crippen LogP contribution in [0.1, 0.15) is 94.3 Å². The van der Waals surface area contributed by atoms with Crippen LogP contribution < -0.4 is 16.0 Å². The zero-order valence-electron chi connectivity index (χ0n) is 33.5. The van der Waals surface area contributed by atoms with Gasteiger partial charge in [0.15, 0.2) is 11.6 Å². The molecule has 4 amide bonds. The SMILES string of the molecule is CC1=C(N(C(=O)O)C(=O)OC(C)(C)C)CN(C(C)(C)C)C=C1c1cc2cc(Nc3cc4n(n3)CC(=O)NC(C)(C)C4)ncc2c(NC(=O)OC(C)(C)C)c1F. The number of nitrogens with zero attached hydrogens (tertiary/aromatic N) is 5. The fraction of sp³-hybridized carbons (Fsp3) is 0.487. The van der Waals surface area contributed by atoms with Crippen LogP contribution in [0.4, 0.5) is 36.1 Å². The summed E-state index contributed by atoms with van der Waals surface area (Å²) in [6.45, 7) is 21.2. The Balaban J connectivity index is 1.68. The van der Waals surface area contributed by atoms with Gasteiger partial charge in [-0.15, -0.1) is 0 Å². The van der Waals surface area contributed by atoms with Crippen molar-refractivity contribution in [2.75, 3.05) is 17.2 Å². The molecule has 0 spiro atoms. The molecule has 2 aliphatic heterocycles. The van der Waals surface area contributed by atoms with Gasteiger partial charge in [-0.2, -0.15) is 10.00 Å². The highest BCUT2D eigenvalue weighted by Crippen LogP contribution is 2.41. The van der Waals surface area contributed by atoms with Crippen LogP contribution in [0.5, 0.6) is 0 Å². The van der Waals surface area contributed by atoms with E-state index in [9.17, 15) is 24.3 Å². The highest BCUT2D eigenvalue weighted by Gasteiger charge is 2.37. The molecule has 1 aromatic carbocycles. The molecule has 15 nitrogen and oxygen atoms in total. The van der Waals surface area contributed by atoms with Gasteiger partial charge in [0.2, 0.25) is 5.91 Å². The maximum absolute atomic E-state index is 17.1. The molecule has 5 rings (SSSR count). The first-order chi connectivity index (χ1) is 25.2. The molecule has 16 heteroatoms. The largest absolute Gasteiger partial charge is 0.464 e. The lowest BCUT2D eigenvalue weighted by molar-refractivity contribution is -0.122. The van der Waals surface area contributed by atoms with Crippen LogP contribution in [-0.2, 0) is 27.2 Å². The molecule has 4 N–H and O–H groups in total. The summed E-state index contributed by atoms with van der Waals surface area (Å²) in [5.74, 6) is -0.209. The predicted molar refractivity (Wildman–Crippen MR) is 206 cm³/mol. The van der Waals surface area contributed by atoms with E-state index in [-0.39, 0.29) is 46.9 Å². The number of hydrogen-bond donors (Lipinski definition) is 4. The number of nitrogens with one attached hydrogen (secondary N) is 3. The summed E-state index contributed by atoms with van der Waals surface area (Å²) < 4.78 is 29.7. The second-order valence-electron chi connectivity index (χ2n) is 17.5. The summed E-state index contributed by atoms with van der Waals surface area (Å²) in [4.78, 5) is 58.5. The van der Waals surface area contributed by atoms with Crippen LogP contribution in [0.25, 0.3) is 16.3 Å². The number of aromatic nitrogens is 3. The molecule has 296 valence electrons. The summed E-state index contributed by atoms with van der Waals surface area (Å²) in [5, 5.41) is 24.3. The van der Waals surface area contributed by atoms with Gasteiger partial charge in [-0.25, -0.2) is 23.8 Å². The summed E-state index contributed by atoms with van der Waals surface area (Å²) in [7, 11) is 0. The molecular weight excluding hydrogens is 711 g/mol. The van der Waals surface area contributed by atoms with E-state index in [1.165, 1.54) is 6.20 Å². The summed E-state index contributed by atoms with van der Waals surface area (Å²) in [5.41, 5.74) is -1.70. The fourth-order valence-corrected chi connectivity index (χ4v) is 6.33. The Hall–Kier alpha value is -5.67. The first-order valence-corrected chi connectivity index (χ1v) is 17.9. The third kappa shape index (κ3) is 9.35. The summed E-state index contributed by atoms with van der Waals surface area (Å²) in [6.07, 6.45) is 0.108. The Bertz CT molecular complexity index is 2130. The number of pyridine rings is 1. The number of rotatable bonds is 5. The zero-order chi connectivity index (χ0) is 41.0. The third-order valence-electron chi connectivity index (χ3n) is 8.73. The summed E-state index contributed by atoms with van der Waals surface area (Å²) >= 11 is 0. The first-order valence-electron chi connectivity index (χ1n) is 17.9. The number of carboxylic acid groups (broad SMARTS) is 1. The maximum Gasteiger partial charge on any atom is 0.424 e. The van der Waals surface area contributed by atoms with Crippen molar-refractivity contribution >= 4 is 57.9 Å². The van der Waals surface area contributed by atoms with Crippen LogP contribution in [0.2, 0.25) is 0 Å². The first kappa shape index (κ1) is 40.5. The predicted octanol–water partition coefficient (Wildman–Crippen LogP) is 7.76. The highest BCUT2D eigenvalue weighted by molar-refractivity contribution is 6.04. The van der Waals surface area contributed by atoms with Crippen LogP contribution >= 0.6 is 0 Å². The topological polar surface area (TPSA) is 180 Å². The number of amides is 4. The van der Waals surface area contributed by atoms with Crippen molar-refractivity contribution in [1.29, 1.82) is 0 Å². The number of hydrogen-bond acceptors (Lipinski definition) is 10. The Morgan fingerprint density at radius 3 is 2.24 bits per heavy atom. The van der Waals surface area contributed by atoms with Gasteiger partial charge in [0.05, 0.1) is 17.9 Å². The molecule has 3 aromatic rings. The molecule has 2 aromatic heterocycles. The van der Waals surface area contributed by atoms with Crippen molar-refractivity contribution < 1.29 is 38.1 Å². The Morgan fingerprint density at radius 2 is 1.64 bits per heavy atom. The van der Waals surface area contributed by atoms with E-state index < -0.39 is 46.4 Å². The molecule has 0 fully saturated rings. The number of halogens is 1. The van der Waals surface area contributed by atoms with Crippen molar-refractivity contribution in [3.63, 3.8) is 0 Å². The van der Waals surface area contributed by atoms with Gasteiger partial charge in [0.1, 0.15) is 23.6 Å². The van der Waals surface area contributed by atoms with E-state index in [0.29, 0.717) is 33.9 Å². The van der Waals surface area contributed by atoms with E-state index in [2.05, 4.69) is 26.0 Å². The van der Waals surface area contributed by atoms with Crippen LogP contribution in [-0.4, -0.2) is 82.7 Å². The number of carbonyl (C=O) groups excluding carboxylic acids is 3. The number of allylic oxidation sites excluding steroid dienone is 2. The number of anilines is 3. The van der Waals surface area contributed by atoms with E-state index in [1.807, 2.05) is 40.7 Å². The van der Waals surface area contributed by atoms with Gasteiger partial charge >= 0.3 is 18.3 Å². The zero-order valence-corrected chi connectivity index (χ0v) is 33.5. The molecule has 55 heavy (non-hydrogen) atoms. The lowest BCUT2D eigenvalue weighted by Crippen LogP contribution is -2.47. The molecule has 0 unspecified atom stereocenters. The van der Waals surface area contributed by atoms with Gasteiger partial charge in [-0.3, -0.25) is 14.8 Å². The Morgan fingerprint density at radius 1 is 0.982 bits per heavy atom. The average Bonchev–Trinajstić information content (AvgIpc) is 3.30. The van der Waals surface area contributed by atoms with Crippen molar-refractivity contribution in [2.24, 2.45) is 0 Å². The smallest absolute Gasteiger partial charge is 0.424 e. The highest BCUT2D eigenvalue weighted by atomic mass is 19.1. The lowest BCUT2D eigenvalue weighted by atomic mass is 9.90. The van der Waals surface area contributed by atoms with Crippen molar-refractivity contribution in [3.05, 3.63) is 58.9 Å². The van der Waals surface area contributed by atoms with Gasteiger partial charge in [0.25, 0.3) is 0 Å². The average molecular weight is 763 g/mol. The molecule has 4 heterocycles. The van der Waals surface area contributed by atoms with Crippen molar-refractivity contribution in [2.45, 2.75) is 118 Å². The monoisotopic (exact) mass is 762 g/mol. The third-order valence-corrected chi connectivity index (χ3v) is 8.73. The number of benzene rings is 1. The second kappa shape index (κ2) is 14.2. The normalized spacial score (nSPS) is 16.1. The number of fused-ring (bicyclic) bond motifs is 2. The minimum Gasteiger partial charge on any atom is -0.464 e. The van der Waals surface area contributed by atoms with E-state index in [4.69, 9.17) is 9.47 Å². The van der Waals surface area contributed by atoms with Crippen LogP contribution in [0.15, 0.2) is 41.9 Å². The Kier molecular flexibility index (Phi) is 10.5. The minimum absolute atomic E-state index is 0.00590. The molecule has 0 saturated heterocycles. The number of imide groups is 1. The molecule has 0 aliphatic carbocycles. The molecule has 0 radical (unpaired) electrons. The van der Waals surface area contributed by atoms with Crippen molar-refractivity contribution in [3.8, 4) is 0 Å². The summed E-state index contributed by atoms with van der Waals surface area (Å²) in [6, 6.07) is 5.07. The van der Waals surface area contributed by atoms with Crippen LogP contribution in [0.3, 0.4) is 0 Å². The Labute approximate surface area is 319 Å². The lowest BCUT2D eigenvalue weighted by Gasteiger charge is -2.41. The number of carbonyl (C=O) groups is 4. The molecular formula is C39H51FN8O7. The molecule has 0 atom stereocenters. The second-order valence-corrected chi connectivity index (χ2v) is 17.5. The van der Waals surface area contributed by atoms with Crippen molar-refractivity contribution in [1.82, 2.24) is 29.9 Å². The van der Waals surface area contributed by atoms with E-state index in [0.717, 1.165) is 5.69 Å². The maximum atomic E-state index is 17.1. The fourth-order valence-electron chi connectivity index (χ4n) is 6.33. The minimum atomic E-state index is -1.56. The van der Waals surface area contributed by atoms with Gasteiger partial charge < -0.3 is 30.1 Å². The van der Waals surface area contributed by atoms with E-state index >= 15 is 4.39 Å². The quantitative estimate of drug-likeness (QED) is 0.200.